The zero-order chi connectivity index (χ0) is 19.3. The summed E-state index contributed by atoms with van der Waals surface area (Å²) >= 11 is 0. The standard InChI is InChI=1S/C26H30O/c1-4-5-6-13-20-14-7-8-15-21(20)22-16-9-10-17-23(22)26(2,3)24-18-11-12-19-25(24)27/h7-12,14-19,27H,4-6,13H2,1-3H3. The molecule has 0 radical (unpaired) electrons. The molecule has 0 bridgehead atoms. The second-order valence-electron chi connectivity index (χ2n) is 7.80. The smallest absolute Gasteiger partial charge is 0.119 e. The third-order valence-electron chi connectivity index (χ3n) is 5.54. The summed E-state index contributed by atoms with van der Waals surface area (Å²) in [5.74, 6) is 0.355. The average Bonchev–Trinajstić information content (AvgIpc) is 2.69. The molecule has 0 atom stereocenters. The van der Waals surface area contributed by atoms with Crippen LogP contribution in [0.4, 0.5) is 0 Å². The molecule has 0 aliphatic rings. The van der Waals surface area contributed by atoms with Crippen molar-refractivity contribution in [1.29, 1.82) is 0 Å². The molecule has 3 aromatic carbocycles. The lowest BCUT2D eigenvalue weighted by Gasteiger charge is -2.30. The highest BCUT2D eigenvalue weighted by Crippen LogP contribution is 2.41. The van der Waals surface area contributed by atoms with Crippen LogP contribution in [0.3, 0.4) is 0 Å². The van der Waals surface area contributed by atoms with Crippen LogP contribution in [0, 0.1) is 0 Å². The molecule has 3 rings (SSSR count). The van der Waals surface area contributed by atoms with Crippen LogP contribution in [-0.4, -0.2) is 5.11 Å². The Kier molecular flexibility index (Phi) is 6.01. The zero-order valence-electron chi connectivity index (χ0n) is 16.7. The maximum Gasteiger partial charge on any atom is 0.119 e. The molecule has 0 aliphatic heterocycles. The van der Waals surface area contributed by atoms with Crippen LogP contribution in [0.15, 0.2) is 72.8 Å². The van der Waals surface area contributed by atoms with Crippen LogP contribution in [0.25, 0.3) is 11.1 Å². The minimum Gasteiger partial charge on any atom is -0.508 e. The minimum absolute atomic E-state index is 0.293. The maximum atomic E-state index is 10.5. The van der Waals surface area contributed by atoms with Gasteiger partial charge in [0.1, 0.15) is 5.75 Å². The van der Waals surface area contributed by atoms with Crippen LogP contribution in [0.5, 0.6) is 5.75 Å². The quantitative estimate of drug-likeness (QED) is 0.446. The molecule has 0 unspecified atom stereocenters. The Labute approximate surface area is 163 Å². The van der Waals surface area contributed by atoms with E-state index in [1.54, 1.807) is 6.07 Å². The van der Waals surface area contributed by atoms with E-state index in [9.17, 15) is 5.11 Å². The number of para-hydroxylation sites is 1. The molecule has 0 spiro atoms. The van der Waals surface area contributed by atoms with Gasteiger partial charge < -0.3 is 5.11 Å². The minimum atomic E-state index is -0.293. The lowest BCUT2D eigenvalue weighted by atomic mass is 9.74. The first-order chi connectivity index (χ1) is 13.1. The Hall–Kier alpha value is -2.54. The molecule has 0 amide bonds. The van der Waals surface area contributed by atoms with Gasteiger partial charge >= 0.3 is 0 Å². The molecule has 0 heterocycles. The Morgan fingerprint density at radius 3 is 2.00 bits per heavy atom. The highest BCUT2D eigenvalue weighted by atomic mass is 16.3. The van der Waals surface area contributed by atoms with Crippen LogP contribution >= 0.6 is 0 Å². The lowest BCUT2D eigenvalue weighted by molar-refractivity contribution is 0.453. The van der Waals surface area contributed by atoms with Crippen molar-refractivity contribution in [2.45, 2.75) is 51.9 Å². The van der Waals surface area contributed by atoms with E-state index in [0.29, 0.717) is 5.75 Å². The number of hydrogen-bond acceptors (Lipinski definition) is 1. The number of aromatic hydroxyl groups is 1. The van der Waals surface area contributed by atoms with Crippen molar-refractivity contribution in [3.8, 4) is 16.9 Å². The maximum absolute atomic E-state index is 10.5. The number of phenolic OH excluding ortho intramolecular Hbond substituents is 1. The molecule has 1 nitrogen and oxygen atoms in total. The number of hydrogen-bond donors (Lipinski definition) is 1. The number of aryl methyl sites for hydroxylation is 1. The third kappa shape index (κ3) is 4.08. The zero-order valence-corrected chi connectivity index (χ0v) is 16.7. The van der Waals surface area contributed by atoms with Crippen LogP contribution in [-0.2, 0) is 11.8 Å². The molecule has 0 saturated carbocycles. The van der Waals surface area contributed by atoms with Crippen molar-refractivity contribution in [2.24, 2.45) is 0 Å². The van der Waals surface area contributed by atoms with Gasteiger partial charge in [-0.15, -0.1) is 0 Å². The Morgan fingerprint density at radius 1 is 0.704 bits per heavy atom. The lowest BCUT2D eigenvalue weighted by Crippen LogP contribution is -2.20. The molecule has 27 heavy (non-hydrogen) atoms. The molecule has 0 aliphatic carbocycles. The van der Waals surface area contributed by atoms with Gasteiger partial charge in [0, 0.05) is 11.0 Å². The van der Waals surface area contributed by atoms with Gasteiger partial charge in [-0.05, 0) is 41.2 Å². The Morgan fingerprint density at radius 2 is 1.30 bits per heavy atom. The average molecular weight is 359 g/mol. The summed E-state index contributed by atoms with van der Waals surface area (Å²) in [7, 11) is 0. The van der Waals surface area contributed by atoms with E-state index < -0.39 is 0 Å². The van der Waals surface area contributed by atoms with Crippen LogP contribution < -0.4 is 0 Å². The fourth-order valence-corrected chi connectivity index (χ4v) is 3.98. The first-order valence-electron chi connectivity index (χ1n) is 10.0. The van der Waals surface area contributed by atoms with Crippen molar-refractivity contribution >= 4 is 0 Å². The molecule has 140 valence electrons. The van der Waals surface area contributed by atoms with Crippen molar-refractivity contribution in [3.63, 3.8) is 0 Å². The van der Waals surface area contributed by atoms with Gasteiger partial charge in [0.2, 0.25) is 0 Å². The van der Waals surface area contributed by atoms with Crippen LogP contribution in [0.1, 0.15) is 56.7 Å². The van der Waals surface area contributed by atoms with Gasteiger partial charge in [-0.2, -0.15) is 0 Å². The largest absolute Gasteiger partial charge is 0.508 e. The summed E-state index contributed by atoms with van der Waals surface area (Å²) in [5.41, 5.74) is 5.89. The normalized spacial score (nSPS) is 11.5. The fourth-order valence-electron chi connectivity index (χ4n) is 3.98. The van der Waals surface area contributed by atoms with E-state index in [-0.39, 0.29) is 5.41 Å². The summed E-state index contributed by atoms with van der Waals surface area (Å²) in [6.07, 6.45) is 4.83. The van der Waals surface area contributed by atoms with Gasteiger partial charge in [-0.3, -0.25) is 0 Å². The predicted molar refractivity (Wildman–Crippen MR) is 115 cm³/mol. The van der Waals surface area contributed by atoms with E-state index >= 15 is 0 Å². The second kappa shape index (κ2) is 8.43. The van der Waals surface area contributed by atoms with E-state index in [0.717, 1.165) is 12.0 Å². The first-order valence-corrected chi connectivity index (χ1v) is 10.0. The molecular weight excluding hydrogens is 328 g/mol. The van der Waals surface area contributed by atoms with Crippen molar-refractivity contribution in [1.82, 2.24) is 0 Å². The number of phenols is 1. The fraction of sp³-hybridized carbons (Fsp3) is 0.308. The van der Waals surface area contributed by atoms with E-state index in [2.05, 4.69) is 69.3 Å². The summed E-state index contributed by atoms with van der Waals surface area (Å²) in [5, 5.41) is 10.5. The number of benzene rings is 3. The van der Waals surface area contributed by atoms with Crippen molar-refractivity contribution in [3.05, 3.63) is 89.5 Å². The molecule has 0 fully saturated rings. The molecule has 0 saturated heterocycles. The van der Waals surface area contributed by atoms with Crippen LogP contribution in [0.2, 0.25) is 0 Å². The topological polar surface area (TPSA) is 20.2 Å². The highest BCUT2D eigenvalue weighted by Gasteiger charge is 2.28. The SMILES string of the molecule is CCCCCc1ccccc1-c1ccccc1C(C)(C)c1ccccc1O. The van der Waals surface area contributed by atoms with E-state index in [1.165, 1.54) is 41.5 Å². The second-order valence-corrected chi connectivity index (χ2v) is 7.80. The summed E-state index contributed by atoms with van der Waals surface area (Å²) in [6, 6.07) is 25.1. The third-order valence-corrected chi connectivity index (χ3v) is 5.54. The van der Waals surface area contributed by atoms with Gasteiger partial charge in [0.15, 0.2) is 0 Å². The summed E-state index contributed by atoms with van der Waals surface area (Å²) < 4.78 is 0. The molecule has 1 heteroatoms. The van der Waals surface area contributed by atoms with E-state index in [1.807, 2.05) is 18.2 Å². The van der Waals surface area contributed by atoms with Gasteiger partial charge in [0.05, 0.1) is 0 Å². The summed E-state index contributed by atoms with van der Waals surface area (Å²) in [4.78, 5) is 0. The predicted octanol–water partition coefficient (Wildman–Crippen LogP) is 7.12. The van der Waals surface area contributed by atoms with Crippen molar-refractivity contribution < 1.29 is 5.11 Å². The van der Waals surface area contributed by atoms with Gasteiger partial charge in [0.25, 0.3) is 0 Å². The Bertz CT molecular complexity index is 892. The first kappa shape index (κ1) is 19.2. The number of rotatable bonds is 7. The van der Waals surface area contributed by atoms with Gasteiger partial charge in [-0.25, -0.2) is 0 Å². The molecule has 0 aromatic heterocycles. The highest BCUT2D eigenvalue weighted by molar-refractivity contribution is 5.73. The monoisotopic (exact) mass is 358 g/mol. The molecule has 3 aromatic rings. The molecular formula is C26H30O. The number of unbranched alkanes of at least 4 members (excludes halogenated alkanes) is 2. The Balaban J connectivity index is 2.09. The van der Waals surface area contributed by atoms with Crippen molar-refractivity contribution in [2.75, 3.05) is 0 Å². The van der Waals surface area contributed by atoms with E-state index in [4.69, 9.17) is 0 Å². The summed E-state index contributed by atoms with van der Waals surface area (Å²) in [6.45, 7) is 6.64. The molecule has 1 N–H and O–H groups in total. The van der Waals surface area contributed by atoms with Gasteiger partial charge in [-0.1, -0.05) is 100 Å².